The van der Waals surface area contributed by atoms with Crippen LogP contribution in [0, 0.1) is 5.92 Å². The topological polar surface area (TPSA) is 84.7 Å². The van der Waals surface area contributed by atoms with Gasteiger partial charge in [0.2, 0.25) is 0 Å². The predicted octanol–water partition coefficient (Wildman–Crippen LogP) is 2.45. The molecule has 20 heavy (non-hydrogen) atoms. The van der Waals surface area contributed by atoms with Crippen LogP contribution in [0.5, 0.6) is 0 Å². The van der Waals surface area contributed by atoms with E-state index in [2.05, 4.69) is 5.32 Å². The smallest absolute Gasteiger partial charge is 0.418 e. The lowest BCUT2D eigenvalue weighted by molar-refractivity contribution is 0.0328. The Labute approximate surface area is 121 Å². The van der Waals surface area contributed by atoms with Gasteiger partial charge in [0, 0.05) is 19.3 Å². The van der Waals surface area contributed by atoms with Crippen molar-refractivity contribution in [1.82, 2.24) is 10.2 Å². The average molecular weight is 285 g/mol. The van der Waals surface area contributed by atoms with Crippen molar-refractivity contribution in [3.05, 3.63) is 11.8 Å². The first kappa shape index (κ1) is 18.4. The van der Waals surface area contributed by atoms with Crippen molar-refractivity contribution in [3.8, 4) is 0 Å². The lowest BCUT2D eigenvalue weighted by Gasteiger charge is -2.25. The molecule has 0 aliphatic carbocycles. The number of hydrogen-bond donors (Lipinski definition) is 2. The van der Waals surface area contributed by atoms with Crippen molar-refractivity contribution >= 4 is 12.1 Å². The van der Waals surface area contributed by atoms with Crippen molar-refractivity contribution in [2.75, 3.05) is 13.1 Å². The van der Waals surface area contributed by atoms with E-state index in [0.717, 1.165) is 10.5 Å². The minimum absolute atomic E-state index is 0.106. The van der Waals surface area contributed by atoms with E-state index in [-0.39, 0.29) is 13.1 Å². The molecule has 0 aliphatic rings. The number of allylic oxidation sites excluding steroid dienone is 1. The summed E-state index contributed by atoms with van der Waals surface area (Å²) in [7, 11) is 0. The largest absolute Gasteiger partial charge is 0.443 e. The van der Waals surface area contributed by atoms with Crippen LogP contribution in [0.25, 0.3) is 0 Å². The lowest BCUT2D eigenvalue weighted by atomic mass is 10.1. The highest BCUT2D eigenvalue weighted by Crippen LogP contribution is 2.10. The molecule has 0 unspecified atom stereocenters. The van der Waals surface area contributed by atoms with Gasteiger partial charge in [-0.2, -0.15) is 0 Å². The molecular formula is C14H27N3O3. The summed E-state index contributed by atoms with van der Waals surface area (Å²) in [4.78, 5) is 24.9. The van der Waals surface area contributed by atoms with Crippen molar-refractivity contribution in [1.29, 1.82) is 0 Å². The molecule has 0 aromatic rings. The molecule has 0 rings (SSSR count). The third kappa shape index (κ3) is 7.13. The summed E-state index contributed by atoms with van der Waals surface area (Å²) in [6.07, 6.45) is 0.900. The molecule has 0 heterocycles. The highest BCUT2D eigenvalue weighted by molar-refractivity contribution is 5.91. The van der Waals surface area contributed by atoms with Crippen molar-refractivity contribution in [3.63, 3.8) is 0 Å². The highest BCUT2D eigenvalue weighted by Gasteiger charge is 2.26. The molecule has 3 N–H and O–H groups in total. The fourth-order valence-corrected chi connectivity index (χ4v) is 1.14. The minimum atomic E-state index is -0.698. The Morgan fingerprint density at radius 2 is 1.90 bits per heavy atom. The Morgan fingerprint density at radius 3 is 2.30 bits per heavy atom. The fourth-order valence-electron chi connectivity index (χ4n) is 1.14. The SMILES string of the molecule is C/C(=C\NC(=O)N(CCN)C(=O)OC(C)(C)C)C(C)C. The van der Waals surface area contributed by atoms with Crippen molar-refractivity contribution in [2.24, 2.45) is 11.7 Å². The van der Waals surface area contributed by atoms with Gasteiger partial charge in [0.05, 0.1) is 0 Å². The molecule has 0 saturated heterocycles. The number of imide groups is 1. The molecule has 0 aromatic heterocycles. The molecule has 3 amide bonds. The third-order valence-corrected chi connectivity index (χ3v) is 2.55. The van der Waals surface area contributed by atoms with Gasteiger partial charge in [0.1, 0.15) is 5.60 Å². The average Bonchev–Trinajstić information content (AvgIpc) is 2.29. The summed E-state index contributed by atoms with van der Waals surface area (Å²) in [5, 5.41) is 2.58. The molecule has 0 aliphatic heterocycles. The van der Waals surface area contributed by atoms with E-state index in [9.17, 15) is 9.59 Å². The Morgan fingerprint density at radius 1 is 1.35 bits per heavy atom. The number of carbonyl (C=O) groups excluding carboxylic acids is 2. The maximum Gasteiger partial charge on any atom is 0.418 e. The number of nitrogens with two attached hydrogens (primary N) is 1. The quantitative estimate of drug-likeness (QED) is 0.831. The second kappa shape index (κ2) is 7.89. The van der Waals surface area contributed by atoms with Gasteiger partial charge >= 0.3 is 12.1 Å². The molecule has 6 heteroatoms. The molecule has 116 valence electrons. The molecule has 0 atom stereocenters. The maximum absolute atomic E-state index is 12.0. The zero-order chi connectivity index (χ0) is 15.9. The highest BCUT2D eigenvalue weighted by atomic mass is 16.6. The first-order chi connectivity index (χ1) is 9.08. The number of nitrogens with one attached hydrogen (secondary N) is 1. The minimum Gasteiger partial charge on any atom is -0.443 e. The molecule has 0 fully saturated rings. The van der Waals surface area contributed by atoms with E-state index in [4.69, 9.17) is 10.5 Å². The van der Waals surface area contributed by atoms with Crippen LogP contribution >= 0.6 is 0 Å². The van der Waals surface area contributed by atoms with Crippen LogP contribution in [0.1, 0.15) is 41.5 Å². The summed E-state index contributed by atoms with van der Waals surface area (Å²) in [6.45, 7) is 11.5. The van der Waals surface area contributed by atoms with Crippen LogP contribution in [-0.2, 0) is 4.74 Å². The van der Waals surface area contributed by atoms with Crippen LogP contribution in [0.3, 0.4) is 0 Å². The van der Waals surface area contributed by atoms with Gasteiger partial charge in [-0.3, -0.25) is 0 Å². The van der Waals surface area contributed by atoms with Gasteiger partial charge in [-0.05, 0) is 33.6 Å². The van der Waals surface area contributed by atoms with E-state index in [1.54, 1.807) is 27.0 Å². The summed E-state index contributed by atoms with van der Waals surface area (Å²) in [5.74, 6) is 0.319. The zero-order valence-electron chi connectivity index (χ0n) is 13.3. The van der Waals surface area contributed by atoms with Gasteiger partial charge in [-0.25, -0.2) is 14.5 Å². The number of carbonyl (C=O) groups is 2. The lowest BCUT2D eigenvalue weighted by Crippen LogP contribution is -2.46. The molecule has 0 bridgehead atoms. The van der Waals surface area contributed by atoms with Gasteiger partial charge in [-0.1, -0.05) is 19.4 Å². The molecule has 0 spiro atoms. The van der Waals surface area contributed by atoms with E-state index in [1.807, 2.05) is 20.8 Å². The van der Waals surface area contributed by atoms with Gasteiger partial charge in [-0.15, -0.1) is 0 Å². The second-order valence-corrected chi connectivity index (χ2v) is 5.91. The van der Waals surface area contributed by atoms with Crippen LogP contribution in [0.4, 0.5) is 9.59 Å². The molecule has 0 radical (unpaired) electrons. The van der Waals surface area contributed by atoms with Crippen LogP contribution in [0.15, 0.2) is 11.8 Å². The third-order valence-electron chi connectivity index (χ3n) is 2.55. The first-order valence-corrected chi connectivity index (χ1v) is 6.76. The standard InChI is InChI=1S/C14H27N3O3/c1-10(2)11(3)9-16-12(18)17(8-7-15)13(19)20-14(4,5)6/h9-10H,7-8,15H2,1-6H3,(H,16,18)/b11-9+. The Balaban J connectivity index is 4.79. The molecule has 0 aromatic carbocycles. The van der Waals surface area contributed by atoms with Gasteiger partial charge in [0.25, 0.3) is 0 Å². The Kier molecular flexibility index (Phi) is 7.28. The maximum atomic E-state index is 12.0. The monoisotopic (exact) mass is 285 g/mol. The number of urea groups is 1. The van der Waals surface area contributed by atoms with E-state index >= 15 is 0 Å². The van der Waals surface area contributed by atoms with Gasteiger partial charge < -0.3 is 15.8 Å². The van der Waals surface area contributed by atoms with Gasteiger partial charge in [0.15, 0.2) is 0 Å². The predicted molar refractivity (Wildman–Crippen MR) is 79.1 cm³/mol. The van der Waals surface area contributed by atoms with E-state index < -0.39 is 17.7 Å². The number of rotatable bonds is 4. The van der Waals surface area contributed by atoms with Crippen LogP contribution in [-0.4, -0.2) is 35.7 Å². The normalized spacial score (nSPS) is 12.3. The van der Waals surface area contributed by atoms with E-state index in [1.165, 1.54) is 0 Å². The second-order valence-electron chi connectivity index (χ2n) is 5.91. The van der Waals surface area contributed by atoms with E-state index in [0.29, 0.717) is 5.92 Å². The Hall–Kier alpha value is -1.56. The number of hydrogen-bond acceptors (Lipinski definition) is 4. The first-order valence-electron chi connectivity index (χ1n) is 6.76. The van der Waals surface area contributed by atoms with Crippen molar-refractivity contribution in [2.45, 2.75) is 47.1 Å². The molecule has 0 saturated carbocycles. The molecular weight excluding hydrogens is 258 g/mol. The summed E-state index contributed by atoms with van der Waals surface area (Å²) in [5.41, 5.74) is 5.78. The number of nitrogens with zero attached hydrogens (tertiary/aromatic N) is 1. The fraction of sp³-hybridized carbons (Fsp3) is 0.714. The summed E-state index contributed by atoms with van der Waals surface area (Å²) < 4.78 is 5.18. The zero-order valence-corrected chi connectivity index (χ0v) is 13.3. The van der Waals surface area contributed by atoms with Crippen LogP contribution < -0.4 is 11.1 Å². The van der Waals surface area contributed by atoms with Crippen LogP contribution in [0.2, 0.25) is 0 Å². The summed E-state index contributed by atoms with van der Waals surface area (Å²) >= 11 is 0. The number of ether oxygens (including phenoxy) is 1. The number of amides is 3. The summed E-state index contributed by atoms with van der Waals surface area (Å²) in [6, 6.07) is -0.537. The van der Waals surface area contributed by atoms with Crippen molar-refractivity contribution < 1.29 is 14.3 Å². The molecule has 6 nitrogen and oxygen atoms in total. The Bertz CT molecular complexity index is 370.